The van der Waals surface area contributed by atoms with Crippen LogP contribution in [-0.4, -0.2) is 20.4 Å². The molecule has 0 bridgehead atoms. The fourth-order valence-electron chi connectivity index (χ4n) is 2.52. The first-order chi connectivity index (χ1) is 12.1. The Morgan fingerprint density at radius 3 is 2.52 bits per heavy atom. The van der Waals surface area contributed by atoms with Gasteiger partial charge in [0.2, 0.25) is 0 Å². The van der Waals surface area contributed by atoms with E-state index >= 15 is 0 Å². The van der Waals surface area contributed by atoms with E-state index in [-0.39, 0.29) is 17.6 Å². The Bertz CT molecular complexity index is 920. The number of hydrogen-bond acceptors (Lipinski definition) is 4. The van der Waals surface area contributed by atoms with Crippen LogP contribution in [0.1, 0.15) is 40.4 Å². The van der Waals surface area contributed by atoms with Crippen LogP contribution in [-0.2, 0) is 0 Å². The molecule has 3 aromatic rings. The van der Waals surface area contributed by atoms with Gasteiger partial charge in [0.15, 0.2) is 0 Å². The van der Waals surface area contributed by atoms with Crippen molar-refractivity contribution in [3.8, 4) is 11.8 Å². The summed E-state index contributed by atoms with van der Waals surface area (Å²) in [6.45, 7) is 3.86. The van der Waals surface area contributed by atoms with E-state index in [1.165, 1.54) is 6.20 Å². The van der Waals surface area contributed by atoms with E-state index in [9.17, 15) is 4.79 Å². The van der Waals surface area contributed by atoms with Gasteiger partial charge in [-0.05, 0) is 43.7 Å². The number of nitrogens with one attached hydrogen (secondary N) is 1. The van der Waals surface area contributed by atoms with E-state index in [4.69, 9.17) is 5.26 Å². The highest BCUT2D eigenvalue weighted by atomic mass is 16.1. The molecule has 0 saturated heterocycles. The number of rotatable bonds is 4. The average molecular weight is 331 g/mol. The van der Waals surface area contributed by atoms with Gasteiger partial charge in [-0.2, -0.15) is 5.26 Å². The summed E-state index contributed by atoms with van der Waals surface area (Å²) in [7, 11) is 0. The molecule has 0 aliphatic carbocycles. The van der Waals surface area contributed by atoms with Gasteiger partial charge in [-0.3, -0.25) is 4.79 Å². The minimum atomic E-state index is -0.272. The molecule has 1 amide bonds. The van der Waals surface area contributed by atoms with E-state index in [0.29, 0.717) is 5.56 Å². The Hall–Kier alpha value is -3.46. The maximum atomic E-state index is 12.3. The summed E-state index contributed by atoms with van der Waals surface area (Å²) >= 11 is 0. The quantitative estimate of drug-likeness (QED) is 0.796. The SMILES string of the molecule is Cc1nccn1-c1ccc([C@@H](C)NC(=O)c2ccc(C#N)cn2)cc1. The number of nitrogens with zero attached hydrogens (tertiary/aromatic N) is 4. The Balaban J connectivity index is 1.70. The molecule has 0 aliphatic heterocycles. The van der Waals surface area contributed by atoms with Crippen LogP contribution in [0.3, 0.4) is 0 Å². The lowest BCUT2D eigenvalue weighted by Crippen LogP contribution is -2.27. The zero-order valence-electron chi connectivity index (χ0n) is 14.0. The largest absolute Gasteiger partial charge is 0.344 e. The summed E-state index contributed by atoms with van der Waals surface area (Å²) in [6, 6.07) is 12.9. The van der Waals surface area contributed by atoms with E-state index in [0.717, 1.165) is 17.1 Å². The van der Waals surface area contributed by atoms with Gasteiger partial charge in [0.25, 0.3) is 5.91 Å². The number of carbonyl (C=O) groups excluding carboxylic acids is 1. The standard InChI is InChI=1S/C19H17N5O/c1-13(23-19(25)18-8-3-15(11-20)12-22-18)16-4-6-17(7-5-16)24-10-9-21-14(24)2/h3-10,12-13H,1-2H3,(H,23,25)/t13-/m1/s1. The molecule has 0 fully saturated rings. The fourth-order valence-corrected chi connectivity index (χ4v) is 2.52. The van der Waals surface area contributed by atoms with E-state index in [2.05, 4.69) is 15.3 Å². The molecule has 3 rings (SSSR count). The summed E-state index contributed by atoms with van der Waals surface area (Å²) in [6.07, 6.45) is 5.06. The second-order valence-electron chi connectivity index (χ2n) is 5.68. The summed E-state index contributed by atoms with van der Waals surface area (Å²) in [4.78, 5) is 20.5. The third kappa shape index (κ3) is 3.56. The second kappa shape index (κ2) is 6.97. The number of carbonyl (C=O) groups is 1. The van der Waals surface area contributed by atoms with Crippen LogP contribution in [0.4, 0.5) is 0 Å². The minimum Gasteiger partial charge on any atom is -0.344 e. The molecule has 0 unspecified atom stereocenters. The van der Waals surface area contributed by atoms with Crippen molar-refractivity contribution in [2.45, 2.75) is 19.9 Å². The number of pyridine rings is 1. The third-order valence-electron chi connectivity index (χ3n) is 3.97. The van der Waals surface area contributed by atoms with Crippen molar-refractivity contribution >= 4 is 5.91 Å². The van der Waals surface area contributed by atoms with E-state index < -0.39 is 0 Å². The molecular formula is C19H17N5O. The molecule has 0 aliphatic rings. The maximum Gasteiger partial charge on any atom is 0.270 e. The van der Waals surface area contributed by atoms with Crippen molar-refractivity contribution < 1.29 is 4.79 Å². The van der Waals surface area contributed by atoms with Gasteiger partial charge in [-0.25, -0.2) is 9.97 Å². The zero-order valence-corrected chi connectivity index (χ0v) is 14.0. The van der Waals surface area contributed by atoms with Crippen LogP contribution in [0.25, 0.3) is 5.69 Å². The van der Waals surface area contributed by atoms with Crippen molar-refractivity contribution in [2.75, 3.05) is 0 Å². The van der Waals surface area contributed by atoms with Crippen molar-refractivity contribution in [1.29, 1.82) is 5.26 Å². The van der Waals surface area contributed by atoms with Crippen LogP contribution in [0.2, 0.25) is 0 Å². The molecule has 25 heavy (non-hydrogen) atoms. The molecule has 124 valence electrons. The van der Waals surface area contributed by atoms with E-state index in [1.807, 2.05) is 54.9 Å². The topological polar surface area (TPSA) is 83.6 Å². The average Bonchev–Trinajstić information content (AvgIpc) is 3.07. The molecule has 1 aromatic carbocycles. The van der Waals surface area contributed by atoms with Gasteiger partial charge >= 0.3 is 0 Å². The van der Waals surface area contributed by atoms with Crippen LogP contribution in [0, 0.1) is 18.3 Å². The third-order valence-corrected chi connectivity index (χ3v) is 3.97. The number of benzene rings is 1. The van der Waals surface area contributed by atoms with Gasteiger partial charge in [-0.1, -0.05) is 12.1 Å². The number of imidazole rings is 1. The summed E-state index contributed by atoms with van der Waals surface area (Å²) < 4.78 is 1.99. The summed E-state index contributed by atoms with van der Waals surface area (Å²) in [5.74, 6) is 0.646. The molecule has 6 nitrogen and oxygen atoms in total. The number of amides is 1. The Morgan fingerprint density at radius 1 is 1.20 bits per heavy atom. The van der Waals surface area contributed by atoms with Gasteiger partial charge in [0.05, 0.1) is 11.6 Å². The normalized spacial score (nSPS) is 11.6. The van der Waals surface area contributed by atoms with Crippen molar-refractivity contribution in [3.05, 3.63) is 77.6 Å². The zero-order chi connectivity index (χ0) is 17.8. The van der Waals surface area contributed by atoms with Gasteiger partial charge in [0.1, 0.15) is 17.6 Å². The molecule has 0 saturated carbocycles. The van der Waals surface area contributed by atoms with Crippen LogP contribution in [0.15, 0.2) is 55.0 Å². The summed E-state index contributed by atoms with van der Waals surface area (Å²) in [5, 5.41) is 11.7. The van der Waals surface area contributed by atoms with Crippen molar-refractivity contribution in [2.24, 2.45) is 0 Å². The molecule has 1 atom stereocenters. The molecule has 0 radical (unpaired) electrons. The molecule has 6 heteroatoms. The highest BCUT2D eigenvalue weighted by molar-refractivity contribution is 5.92. The number of aromatic nitrogens is 3. The number of aryl methyl sites for hydroxylation is 1. The Labute approximate surface area is 145 Å². The second-order valence-corrected chi connectivity index (χ2v) is 5.68. The van der Waals surface area contributed by atoms with E-state index in [1.54, 1.807) is 18.3 Å². The first-order valence-corrected chi connectivity index (χ1v) is 7.86. The van der Waals surface area contributed by atoms with Crippen LogP contribution < -0.4 is 5.32 Å². The lowest BCUT2D eigenvalue weighted by molar-refractivity contribution is 0.0935. The lowest BCUT2D eigenvalue weighted by Gasteiger charge is -2.15. The first kappa shape index (κ1) is 16.4. The predicted molar refractivity (Wildman–Crippen MR) is 93.1 cm³/mol. The molecule has 1 N–H and O–H groups in total. The smallest absolute Gasteiger partial charge is 0.270 e. The highest BCUT2D eigenvalue weighted by Gasteiger charge is 2.13. The highest BCUT2D eigenvalue weighted by Crippen LogP contribution is 2.17. The molecule has 2 aromatic heterocycles. The maximum absolute atomic E-state index is 12.3. The monoisotopic (exact) mass is 331 g/mol. The molecule has 2 heterocycles. The number of hydrogen-bond donors (Lipinski definition) is 1. The van der Waals surface area contributed by atoms with Crippen molar-refractivity contribution in [1.82, 2.24) is 19.9 Å². The molecular weight excluding hydrogens is 314 g/mol. The Kier molecular flexibility index (Phi) is 4.57. The predicted octanol–water partition coefficient (Wildman–Crippen LogP) is 2.94. The van der Waals surface area contributed by atoms with Gasteiger partial charge < -0.3 is 9.88 Å². The minimum absolute atomic E-state index is 0.164. The molecule has 0 spiro atoms. The lowest BCUT2D eigenvalue weighted by atomic mass is 10.1. The fraction of sp³-hybridized carbons (Fsp3) is 0.158. The number of nitriles is 1. The first-order valence-electron chi connectivity index (χ1n) is 7.86. The van der Waals surface area contributed by atoms with Crippen LogP contribution >= 0.6 is 0 Å². The van der Waals surface area contributed by atoms with Crippen molar-refractivity contribution in [3.63, 3.8) is 0 Å². The van der Waals surface area contributed by atoms with Gasteiger partial charge in [0, 0.05) is 24.3 Å². The van der Waals surface area contributed by atoms with Gasteiger partial charge in [-0.15, -0.1) is 0 Å². The van der Waals surface area contributed by atoms with Crippen LogP contribution in [0.5, 0.6) is 0 Å². The Morgan fingerprint density at radius 2 is 1.96 bits per heavy atom. The summed E-state index contributed by atoms with van der Waals surface area (Å²) in [5.41, 5.74) is 2.72.